The van der Waals surface area contributed by atoms with Crippen molar-refractivity contribution in [1.82, 2.24) is 0 Å². The van der Waals surface area contributed by atoms with E-state index in [-0.39, 0.29) is 0 Å². The van der Waals surface area contributed by atoms with Crippen LogP contribution in [0.1, 0.15) is 0 Å². The Morgan fingerprint density at radius 2 is 1.38 bits per heavy atom. The van der Waals surface area contributed by atoms with Crippen molar-refractivity contribution < 1.29 is 15.2 Å². The van der Waals surface area contributed by atoms with Gasteiger partial charge >= 0.3 is 0 Å². The lowest BCUT2D eigenvalue weighted by atomic mass is 11.5. The zero-order chi connectivity index (χ0) is 7.15. The summed E-state index contributed by atoms with van der Waals surface area (Å²) in [5, 5.41) is 22.4. The average Bonchev–Trinajstić information content (AvgIpc) is 1.25. The maximum Gasteiger partial charge on any atom is 0.291 e. The molecule has 0 aromatic heterocycles. The summed E-state index contributed by atoms with van der Waals surface area (Å²) in [6, 6.07) is 0. The Kier molecular flexibility index (Phi) is 6.85. The van der Waals surface area contributed by atoms with Crippen LogP contribution in [0.3, 0.4) is 0 Å². The van der Waals surface area contributed by atoms with Crippen LogP contribution in [-0.4, -0.2) is 22.3 Å². The van der Waals surface area contributed by atoms with Crippen LogP contribution >= 0.6 is 0 Å². The van der Waals surface area contributed by atoms with E-state index >= 15 is 0 Å². The van der Waals surface area contributed by atoms with Crippen molar-refractivity contribution in [1.29, 1.82) is 0 Å². The van der Waals surface area contributed by atoms with Crippen LogP contribution in [0.15, 0.2) is 0 Å². The molecule has 48 valence electrons. The van der Waals surface area contributed by atoms with Crippen molar-refractivity contribution in [2.45, 2.75) is 0 Å². The van der Waals surface area contributed by atoms with Gasteiger partial charge in [-0.1, -0.05) is 0 Å². The van der Waals surface area contributed by atoms with Gasteiger partial charge in [-0.15, -0.1) is 10.1 Å². The molecule has 1 N–H and O–H groups in total. The largest absolute Gasteiger partial charge is 0.328 e. The fraction of sp³-hybridized carbons (Fsp3) is 1.00. The molecule has 0 aliphatic heterocycles. The number of hydrogen-bond donors (Lipinski definition) is 1. The molecule has 0 bridgehead atoms. The molecular weight excluding hydrogens is 120 g/mol. The Labute approximate surface area is 43.8 Å². The van der Waals surface area contributed by atoms with Gasteiger partial charge in [0.25, 0.3) is 5.09 Å². The van der Waals surface area contributed by atoms with E-state index < -0.39 is 10.0 Å². The van der Waals surface area contributed by atoms with E-state index in [9.17, 15) is 0 Å². The summed E-state index contributed by atoms with van der Waals surface area (Å²) in [7, 11) is 0.889. The lowest BCUT2D eigenvalue weighted by Crippen LogP contribution is -1.81. The summed E-state index contributed by atoms with van der Waals surface area (Å²) in [5.74, 6) is 0. The van der Waals surface area contributed by atoms with E-state index in [1.807, 2.05) is 0 Å². The van der Waals surface area contributed by atoms with Crippen LogP contribution in [0.25, 0.3) is 0 Å². The lowest BCUT2D eigenvalue weighted by molar-refractivity contribution is -0.742. The summed E-state index contributed by atoms with van der Waals surface area (Å²) in [6.07, 6.45) is 0. The van der Waals surface area contributed by atoms with E-state index in [1.165, 1.54) is 0 Å². The van der Waals surface area contributed by atoms with Gasteiger partial charge in [-0.05, 0) is 0 Å². The predicted molar refractivity (Wildman–Crippen MR) is 21.7 cm³/mol. The maximum atomic E-state index is 8.81. The van der Waals surface area contributed by atoms with Crippen molar-refractivity contribution in [3.05, 3.63) is 20.2 Å². The molecule has 0 aliphatic carbocycles. The highest BCUT2D eigenvalue weighted by atomic mass is 16.9. The van der Waals surface area contributed by atoms with Crippen LogP contribution < -0.4 is 0 Å². The topological polar surface area (TPSA) is 107 Å². The van der Waals surface area contributed by atoms with Crippen LogP contribution in [0.4, 0.5) is 0 Å². The predicted octanol–water partition coefficient (Wildman–Crippen LogP) is -0.455. The summed E-state index contributed by atoms with van der Waals surface area (Å²) in [5.41, 5.74) is 0. The van der Waals surface area contributed by atoms with E-state index in [0.717, 1.165) is 7.05 Å². The zero-order valence-electron chi connectivity index (χ0n) is 3.97. The highest BCUT2D eigenvalue weighted by Crippen LogP contribution is 1.39. The second-order valence-electron chi connectivity index (χ2n) is 0.678. The lowest BCUT2D eigenvalue weighted by Gasteiger charge is -1.63. The van der Waals surface area contributed by atoms with E-state index in [0.29, 0.717) is 0 Å². The van der Waals surface area contributed by atoms with Gasteiger partial charge in [-0.2, -0.15) is 0 Å². The minimum Gasteiger partial charge on any atom is -0.328 e. The van der Waals surface area contributed by atoms with Gasteiger partial charge in [0, 0.05) is 4.92 Å². The van der Waals surface area contributed by atoms with Gasteiger partial charge in [0.05, 0.1) is 0 Å². The minimum absolute atomic E-state index is 0.500. The van der Waals surface area contributed by atoms with Gasteiger partial charge in [-0.3, -0.25) is 10.1 Å². The fourth-order valence-corrected chi connectivity index (χ4v) is 0. The third-order valence-corrected chi connectivity index (χ3v) is 0. The fourth-order valence-electron chi connectivity index (χ4n) is 0. The third kappa shape index (κ3) is 30.4. The standard InChI is InChI=1S/CH3NO2.HNO3/c1-2(3)4;2-1(3)4/h1H3;(H,2,3,4). The monoisotopic (exact) mass is 124 g/mol. The number of nitro groups is 1. The summed E-state index contributed by atoms with van der Waals surface area (Å²) in [6.45, 7) is 0. The molecule has 8 heavy (non-hydrogen) atoms. The first-order valence-electron chi connectivity index (χ1n) is 1.38. The van der Waals surface area contributed by atoms with E-state index in [4.69, 9.17) is 25.4 Å². The Bertz CT molecular complexity index is 68.4. The summed E-state index contributed by atoms with van der Waals surface area (Å²) >= 11 is 0. The molecule has 0 aliphatic rings. The smallest absolute Gasteiger partial charge is 0.291 e. The van der Waals surface area contributed by atoms with Gasteiger partial charge in [0.1, 0.15) is 0 Å². The van der Waals surface area contributed by atoms with Gasteiger partial charge in [-0.25, -0.2) is 0 Å². The van der Waals surface area contributed by atoms with Gasteiger partial charge in [0.15, 0.2) is 7.05 Å². The van der Waals surface area contributed by atoms with Crippen molar-refractivity contribution in [2.24, 2.45) is 0 Å². The maximum absolute atomic E-state index is 8.81. The van der Waals surface area contributed by atoms with E-state index in [1.54, 1.807) is 0 Å². The van der Waals surface area contributed by atoms with Crippen molar-refractivity contribution >= 4 is 0 Å². The zero-order valence-corrected chi connectivity index (χ0v) is 3.97. The Morgan fingerprint density at radius 3 is 1.38 bits per heavy atom. The second-order valence-corrected chi connectivity index (χ2v) is 0.678. The molecule has 0 unspecified atom stereocenters. The van der Waals surface area contributed by atoms with Gasteiger partial charge < -0.3 is 5.21 Å². The molecule has 0 radical (unpaired) electrons. The first-order chi connectivity index (χ1) is 3.46. The quantitative estimate of drug-likeness (QED) is 0.347. The van der Waals surface area contributed by atoms with Crippen molar-refractivity contribution in [3.8, 4) is 0 Å². The molecule has 0 spiro atoms. The van der Waals surface area contributed by atoms with E-state index in [2.05, 4.69) is 0 Å². The molecule has 0 atom stereocenters. The van der Waals surface area contributed by atoms with Gasteiger partial charge in [0.2, 0.25) is 0 Å². The number of hydrogen-bond acceptors (Lipinski definition) is 4. The van der Waals surface area contributed by atoms with Crippen LogP contribution in [0.5, 0.6) is 0 Å². The Balaban J connectivity index is 0. The molecule has 0 amide bonds. The second kappa shape index (κ2) is 5.60. The van der Waals surface area contributed by atoms with Crippen molar-refractivity contribution in [3.63, 3.8) is 0 Å². The van der Waals surface area contributed by atoms with Crippen LogP contribution in [-0.2, 0) is 0 Å². The number of nitrogens with zero attached hydrogens (tertiary/aromatic N) is 2. The highest BCUT2D eigenvalue weighted by molar-refractivity contribution is 3.91. The average molecular weight is 124 g/mol. The molecule has 7 nitrogen and oxygen atoms in total. The summed E-state index contributed by atoms with van der Waals surface area (Å²) in [4.78, 5) is 16.7. The van der Waals surface area contributed by atoms with Crippen molar-refractivity contribution in [2.75, 3.05) is 7.05 Å². The first kappa shape index (κ1) is 9.78. The summed E-state index contributed by atoms with van der Waals surface area (Å²) < 4.78 is 0. The molecule has 0 rings (SSSR count). The molecule has 0 saturated heterocycles. The Hall–Kier alpha value is -1.40. The third-order valence-electron chi connectivity index (χ3n) is 0. The molecule has 0 saturated carbocycles. The van der Waals surface area contributed by atoms with Crippen LogP contribution in [0.2, 0.25) is 0 Å². The molecule has 0 fully saturated rings. The minimum atomic E-state index is -1.50. The molecule has 0 aromatic carbocycles. The molecule has 7 heteroatoms. The highest BCUT2D eigenvalue weighted by Gasteiger charge is 1.65. The number of rotatable bonds is 0. The van der Waals surface area contributed by atoms with Crippen LogP contribution in [0, 0.1) is 20.2 Å². The normalized spacial score (nSPS) is 6.12. The SMILES string of the molecule is C[N+](=O)[O-].O=[N+]([O-])O. The molecular formula is CH4N2O5. The Morgan fingerprint density at radius 1 is 1.38 bits per heavy atom. The molecule has 0 heterocycles. The first-order valence-corrected chi connectivity index (χ1v) is 1.38. The molecule has 0 aromatic rings.